The minimum atomic E-state index is 0.0119. The number of hydrogen-bond acceptors (Lipinski definition) is 7. The van der Waals surface area contributed by atoms with Crippen LogP contribution in [0.2, 0.25) is 5.02 Å². The second-order valence-electron chi connectivity index (χ2n) is 9.52. The Balaban J connectivity index is 1.24. The molecule has 5 rings (SSSR count). The van der Waals surface area contributed by atoms with E-state index in [0.717, 1.165) is 39.7 Å². The Morgan fingerprint density at radius 3 is 2.47 bits per heavy atom. The summed E-state index contributed by atoms with van der Waals surface area (Å²) in [7, 11) is 2.00. The molecule has 3 heterocycles. The molecule has 0 atom stereocenters. The van der Waals surface area contributed by atoms with Gasteiger partial charge in [0.15, 0.2) is 5.82 Å². The van der Waals surface area contributed by atoms with Crippen molar-refractivity contribution in [2.45, 2.75) is 32.7 Å². The van der Waals surface area contributed by atoms with Gasteiger partial charge in [-0.05, 0) is 35.9 Å². The molecule has 0 saturated heterocycles. The minimum absolute atomic E-state index is 0.0119. The molecule has 5 aromatic rings. The SMILES string of the molecule is Cn1c(NCc2ccc(Oc3ncc(Cl)cn3)cc2)nc2ccc(Nc3cc(C(C)(C)C)[nH]n3)cc21. The van der Waals surface area contributed by atoms with Crippen molar-refractivity contribution >= 4 is 40.1 Å². The van der Waals surface area contributed by atoms with E-state index in [1.165, 1.54) is 12.4 Å². The number of aromatic amines is 1. The Kier molecular flexibility index (Phi) is 6.24. The maximum absolute atomic E-state index is 5.81. The van der Waals surface area contributed by atoms with Crippen molar-refractivity contribution in [2.24, 2.45) is 7.05 Å². The van der Waals surface area contributed by atoms with Gasteiger partial charge in [0, 0.05) is 36.5 Å². The quantitative estimate of drug-likeness (QED) is 0.244. The molecule has 3 N–H and O–H groups in total. The van der Waals surface area contributed by atoms with Crippen molar-refractivity contribution in [1.29, 1.82) is 0 Å². The normalized spacial score (nSPS) is 11.6. The van der Waals surface area contributed by atoms with Crippen LogP contribution < -0.4 is 15.4 Å². The highest BCUT2D eigenvalue weighted by atomic mass is 35.5. The van der Waals surface area contributed by atoms with E-state index in [0.29, 0.717) is 17.3 Å². The molecule has 0 unspecified atom stereocenters. The first-order chi connectivity index (χ1) is 17.2. The molecule has 3 aromatic heterocycles. The molecule has 0 amide bonds. The number of aryl methyl sites for hydroxylation is 1. The molecule has 0 aliphatic heterocycles. The Hall–Kier alpha value is -4.11. The number of anilines is 3. The van der Waals surface area contributed by atoms with Crippen LogP contribution in [0.5, 0.6) is 11.8 Å². The summed E-state index contributed by atoms with van der Waals surface area (Å²) in [4.78, 5) is 12.8. The highest BCUT2D eigenvalue weighted by molar-refractivity contribution is 6.30. The van der Waals surface area contributed by atoms with Gasteiger partial charge in [0.1, 0.15) is 5.75 Å². The number of halogens is 1. The fraction of sp³-hybridized carbons (Fsp3) is 0.231. The van der Waals surface area contributed by atoms with Gasteiger partial charge in [0.25, 0.3) is 0 Å². The summed E-state index contributed by atoms with van der Waals surface area (Å²) in [5.41, 5.74) is 5.05. The molecule has 0 bridgehead atoms. The molecular weight excluding hydrogens is 476 g/mol. The minimum Gasteiger partial charge on any atom is -0.424 e. The molecule has 0 aliphatic rings. The molecule has 9 nitrogen and oxygen atoms in total. The number of hydrogen-bond donors (Lipinski definition) is 3. The van der Waals surface area contributed by atoms with Gasteiger partial charge in [0.05, 0.1) is 28.4 Å². The highest BCUT2D eigenvalue weighted by Crippen LogP contribution is 2.27. The number of imidazole rings is 1. The lowest BCUT2D eigenvalue weighted by atomic mass is 9.92. The molecular formula is C26H27ClN8O. The Labute approximate surface area is 213 Å². The standard InChI is InChI=1S/C26H27ClN8O/c1-26(2,3)22-12-23(34-33-22)31-18-7-10-20-21(11-18)35(4)24(32-20)28-13-16-5-8-19(9-6-16)36-25-29-14-17(27)15-30-25/h5-12,14-15H,13H2,1-4H3,(H,28,32)(H2,31,33,34). The van der Waals surface area contributed by atoms with Crippen LogP contribution in [0.4, 0.5) is 17.5 Å². The van der Waals surface area contributed by atoms with Crippen molar-refractivity contribution in [2.75, 3.05) is 10.6 Å². The van der Waals surface area contributed by atoms with Crippen LogP contribution in [0.1, 0.15) is 32.0 Å². The molecule has 10 heteroatoms. The predicted molar refractivity (Wildman–Crippen MR) is 142 cm³/mol. The number of nitrogens with zero attached hydrogens (tertiary/aromatic N) is 5. The van der Waals surface area contributed by atoms with Gasteiger partial charge in [-0.1, -0.05) is 44.5 Å². The Morgan fingerprint density at radius 1 is 1.03 bits per heavy atom. The van der Waals surface area contributed by atoms with Crippen LogP contribution in [0, 0.1) is 0 Å². The third kappa shape index (κ3) is 5.26. The summed E-state index contributed by atoms with van der Waals surface area (Å²) in [6.45, 7) is 7.07. The van der Waals surface area contributed by atoms with Gasteiger partial charge in [0.2, 0.25) is 5.95 Å². The maximum atomic E-state index is 5.81. The average Bonchev–Trinajstić information content (AvgIpc) is 3.45. The number of rotatable bonds is 7. The fourth-order valence-electron chi connectivity index (χ4n) is 3.66. The van der Waals surface area contributed by atoms with E-state index in [2.05, 4.69) is 57.6 Å². The van der Waals surface area contributed by atoms with Gasteiger partial charge >= 0.3 is 6.01 Å². The predicted octanol–water partition coefficient (Wildman–Crippen LogP) is 6.19. The molecule has 0 aliphatic carbocycles. The zero-order valence-electron chi connectivity index (χ0n) is 20.5. The average molecular weight is 503 g/mol. The topological polar surface area (TPSA) is 106 Å². The van der Waals surface area contributed by atoms with E-state index < -0.39 is 0 Å². The number of benzene rings is 2. The van der Waals surface area contributed by atoms with Crippen LogP contribution in [-0.2, 0) is 19.0 Å². The summed E-state index contributed by atoms with van der Waals surface area (Å²) in [5.74, 6) is 2.22. The summed E-state index contributed by atoms with van der Waals surface area (Å²) in [6, 6.07) is 16.1. The first-order valence-corrected chi connectivity index (χ1v) is 11.9. The first-order valence-electron chi connectivity index (χ1n) is 11.5. The largest absolute Gasteiger partial charge is 0.424 e. The van der Waals surface area contributed by atoms with E-state index in [4.69, 9.17) is 21.3 Å². The van der Waals surface area contributed by atoms with Crippen molar-refractivity contribution < 1.29 is 4.74 Å². The summed E-state index contributed by atoms with van der Waals surface area (Å²) < 4.78 is 7.69. The highest BCUT2D eigenvalue weighted by Gasteiger charge is 2.17. The van der Waals surface area contributed by atoms with Crippen molar-refractivity contribution in [3.8, 4) is 11.8 Å². The number of H-pyrrole nitrogens is 1. The third-order valence-corrected chi connectivity index (χ3v) is 5.91. The zero-order chi connectivity index (χ0) is 25.3. The number of ether oxygens (including phenoxy) is 1. The second kappa shape index (κ2) is 9.50. The van der Waals surface area contributed by atoms with Gasteiger partial charge < -0.3 is 19.9 Å². The van der Waals surface area contributed by atoms with Crippen LogP contribution in [0.15, 0.2) is 60.9 Å². The fourth-order valence-corrected chi connectivity index (χ4v) is 3.76. The van der Waals surface area contributed by atoms with Crippen LogP contribution in [0.25, 0.3) is 11.0 Å². The van der Waals surface area contributed by atoms with Crippen LogP contribution in [-0.4, -0.2) is 29.7 Å². The van der Waals surface area contributed by atoms with E-state index in [1.54, 1.807) is 0 Å². The maximum Gasteiger partial charge on any atom is 0.321 e. The van der Waals surface area contributed by atoms with Crippen molar-refractivity contribution in [1.82, 2.24) is 29.7 Å². The smallest absolute Gasteiger partial charge is 0.321 e. The lowest BCUT2D eigenvalue weighted by Crippen LogP contribution is -2.11. The number of fused-ring (bicyclic) bond motifs is 1. The first kappa shape index (κ1) is 23.6. The van der Waals surface area contributed by atoms with E-state index in [1.807, 2.05) is 54.1 Å². The van der Waals surface area contributed by atoms with Gasteiger partial charge in [-0.25, -0.2) is 15.0 Å². The lowest BCUT2D eigenvalue weighted by Gasteiger charge is -2.14. The van der Waals surface area contributed by atoms with Crippen molar-refractivity contribution in [3.63, 3.8) is 0 Å². The number of nitrogens with one attached hydrogen (secondary N) is 3. The van der Waals surface area contributed by atoms with Crippen LogP contribution in [0.3, 0.4) is 0 Å². The van der Waals surface area contributed by atoms with Crippen molar-refractivity contribution in [3.05, 3.63) is 77.2 Å². The van der Waals surface area contributed by atoms with Crippen LogP contribution >= 0.6 is 11.6 Å². The number of aromatic nitrogens is 6. The van der Waals surface area contributed by atoms with Gasteiger partial charge in [-0.3, -0.25) is 5.10 Å². The van der Waals surface area contributed by atoms with E-state index in [9.17, 15) is 0 Å². The van der Waals surface area contributed by atoms with Gasteiger partial charge in [-0.2, -0.15) is 5.10 Å². The van der Waals surface area contributed by atoms with Gasteiger partial charge in [-0.15, -0.1) is 0 Å². The molecule has 0 fully saturated rings. The third-order valence-electron chi connectivity index (χ3n) is 5.72. The monoisotopic (exact) mass is 502 g/mol. The molecule has 0 radical (unpaired) electrons. The van der Waals surface area contributed by atoms with E-state index in [-0.39, 0.29) is 11.4 Å². The Bertz CT molecular complexity index is 1480. The Morgan fingerprint density at radius 2 is 1.78 bits per heavy atom. The second-order valence-corrected chi connectivity index (χ2v) is 9.96. The summed E-state index contributed by atoms with van der Waals surface area (Å²) in [6.07, 6.45) is 3.00. The van der Waals surface area contributed by atoms with E-state index >= 15 is 0 Å². The summed E-state index contributed by atoms with van der Waals surface area (Å²) >= 11 is 5.81. The molecule has 0 spiro atoms. The summed E-state index contributed by atoms with van der Waals surface area (Å²) in [5, 5.41) is 14.8. The molecule has 0 saturated carbocycles. The zero-order valence-corrected chi connectivity index (χ0v) is 21.3. The molecule has 36 heavy (non-hydrogen) atoms. The molecule has 2 aromatic carbocycles. The lowest BCUT2D eigenvalue weighted by molar-refractivity contribution is 0.441. The molecule has 184 valence electrons.